The van der Waals surface area contributed by atoms with E-state index in [9.17, 15) is 9.90 Å². The van der Waals surface area contributed by atoms with Crippen LogP contribution in [0.5, 0.6) is 0 Å². The Kier molecular flexibility index (Phi) is 5.32. The molecule has 7 atom stereocenters. The number of aromatic nitrogens is 2. The average Bonchev–Trinajstić information content (AvgIpc) is 3.56. The highest BCUT2D eigenvalue weighted by molar-refractivity contribution is 8.01. The Balaban J connectivity index is 1.11. The van der Waals surface area contributed by atoms with Crippen LogP contribution in [0.4, 0.5) is 0 Å². The van der Waals surface area contributed by atoms with Crippen molar-refractivity contribution in [2.75, 3.05) is 5.75 Å². The highest BCUT2D eigenvalue weighted by Crippen LogP contribution is 2.66. The normalized spacial score (nSPS) is 37.1. The Morgan fingerprint density at radius 3 is 2.97 bits per heavy atom. The molecule has 1 aromatic carbocycles. The van der Waals surface area contributed by atoms with Gasteiger partial charge in [0.2, 0.25) is 0 Å². The Labute approximate surface area is 219 Å². The number of fused-ring (bicyclic) bond motifs is 7. The van der Waals surface area contributed by atoms with Gasteiger partial charge in [0.05, 0.1) is 28.3 Å². The predicted octanol–water partition coefficient (Wildman–Crippen LogP) is 6.41. The van der Waals surface area contributed by atoms with Gasteiger partial charge in [0.15, 0.2) is 10.1 Å². The molecule has 7 rings (SSSR count). The van der Waals surface area contributed by atoms with Crippen LogP contribution in [-0.4, -0.2) is 32.9 Å². The number of ketones is 1. The van der Waals surface area contributed by atoms with Gasteiger partial charge in [0.1, 0.15) is 5.78 Å². The van der Waals surface area contributed by atoms with Crippen LogP contribution in [0.2, 0.25) is 0 Å². The van der Waals surface area contributed by atoms with Crippen LogP contribution in [0, 0.1) is 34.5 Å². The highest BCUT2D eigenvalue weighted by Gasteiger charge is 2.63. The van der Waals surface area contributed by atoms with Gasteiger partial charge in [-0.3, -0.25) is 4.79 Å². The van der Waals surface area contributed by atoms with E-state index in [1.807, 2.05) is 24.4 Å². The number of hydrogen-bond acceptors (Lipinski definition) is 7. The highest BCUT2D eigenvalue weighted by atomic mass is 32.2. The van der Waals surface area contributed by atoms with Crippen LogP contribution < -0.4 is 0 Å². The molecule has 5 nitrogen and oxygen atoms in total. The molecule has 0 aliphatic heterocycles. The summed E-state index contributed by atoms with van der Waals surface area (Å²) in [6.45, 7) is 4.66. The second kappa shape index (κ2) is 8.27. The summed E-state index contributed by atoms with van der Waals surface area (Å²) in [4.78, 5) is 18.3. The van der Waals surface area contributed by atoms with Gasteiger partial charge in [-0.15, -0.1) is 11.3 Å². The molecule has 2 aromatic heterocycles. The van der Waals surface area contributed by atoms with E-state index >= 15 is 0 Å². The third-order valence-corrected chi connectivity index (χ3v) is 12.4. The van der Waals surface area contributed by atoms with Gasteiger partial charge in [-0.25, -0.2) is 4.98 Å². The molecular formula is C29H32N2O3S2. The first-order valence-corrected chi connectivity index (χ1v) is 15.0. The molecule has 188 valence electrons. The summed E-state index contributed by atoms with van der Waals surface area (Å²) in [5, 5.41) is 15.8. The van der Waals surface area contributed by atoms with Crippen LogP contribution in [0.25, 0.3) is 16.3 Å². The molecule has 7 heteroatoms. The number of aliphatic hydroxyl groups excluding tert-OH is 1. The minimum Gasteiger partial charge on any atom is -0.393 e. The molecule has 0 amide bonds. The zero-order valence-corrected chi connectivity index (χ0v) is 22.4. The fourth-order valence-electron chi connectivity index (χ4n) is 8.69. The maximum Gasteiger partial charge on any atom is 0.162 e. The van der Waals surface area contributed by atoms with Crippen LogP contribution in [0.1, 0.15) is 57.3 Å². The number of rotatable bonds is 4. The zero-order chi connectivity index (χ0) is 24.7. The number of allylic oxidation sites excluding steroid dienone is 1. The van der Waals surface area contributed by atoms with Crippen molar-refractivity contribution in [1.29, 1.82) is 0 Å². The quantitative estimate of drug-likeness (QED) is 0.400. The number of aliphatic hydroxyl groups is 1. The first-order chi connectivity index (χ1) is 17.4. The molecular weight excluding hydrogens is 488 g/mol. The number of Topliss-reactive ketones (excluding diaryl/α,β-unsaturated/α-hetero) is 1. The fourth-order valence-corrected chi connectivity index (χ4v) is 10.7. The van der Waals surface area contributed by atoms with Gasteiger partial charge in [-0.05, 0) is 85.3 Å². The second-order valence-electron chi connectivity index (χ2n) is 11.9. The van der Waals surface area contributed by atoms with Crippen molar-refractivity contribution in [3.63, 3.8) is 0 Å². The second-order valence-corrected chi connectivity index (χ2v) is 14.2. The number of thioether (sulfide) groups is 1. The lowest BCUT2D eigenvalue weighted by atomic mass is 9.46. The maximum absolute atomic E-state index is 13.6. The van der Waals surface area contributed by atoms with Gasteiger partial charge in [-0.1, -0.05) is 48.5 Å². The fraction of sp³-hybridized carbons (Fsp3) is 0.552. The van der Waals surface area contributed by atoms with Gasteiger partial charge in [-0.2, -0.15) is 0 Å². The Bertz CT molecular complexity index is 1340. The first kappa shape index (κ1) is 23.2. The van der Waals surface area contributed by atoms with Gasteiger partial charge < -0.3 is 9.63 Å². The van der Waals surface area contributed by atoms with Gasteiger partial charge in [0.25, 0.3) is 0 Å². The number of carbonyl (C=O) groups is 1. The lowest BCUT2D eigenvalue weighted by Gasteiger charge is -2.59. The molecule has 2 heterocycles. The molecule has 4 aliphatic carbocycles. The van der Waals surface area contributed by atoms with Gasteiger partial charge >= 0.3 is 0 Å². The number of nitrogens with zero attached hydrogens (tertiary/aromatic N) is 2. The monoisotopic (exact) mass is 520 g/mol. The SMILES string of the molecule is C[C@]12Cc3cnoc3C=C1CCC1C2[C@@H](O)C[C@@]2(C)C1CC[C@@H]2C(=O)CSc1nc2ccccc2s1. The average molecular weight is 521 g/mol. The summed E-state index contributed by atoms with van der Waals surface area (Å²) < 4.78 is 7.62. The predicted molar refractivity (Wildman–Crippen MR) is 143 cm³/mol. The largest absolute Gasteiger partial charge is 0.393 e. The summed E-state index contributed by atoms with van der Waals surface area (Å²) in [6, 6.07) is 8.15. The van der Waals surface area contributed by atoms with E-state index in [1.54, 1.807) is 23.1 Å². The zero-order valence-electron chi connectivity index (χ0n) is 20.8. The van der Waals surface area contributed by atoms with E-state index in [2.05, 4.69) is 31.1 Å². The summed E-state index contributed by atoms with van der Waals surface area (Å²) in [7, 11) is 0. The van der Waals surface area contributed by atoms with Crippen molar-refractivity contribution in [2.24, 2.45) is 34.5 Å². The summed E-state index contributed by atoms with van der Waals surface area (Å²) >= 11 is 3.25. The number of hydrogen-bond donors (Lipinski definition) is 1. The van der Waals surface area contributed by atoms with Crippen LogP contribution in [0.15, 0.2) is 44.9 Å². The molecule has 3 aromatic rings. The number of thiazole rings is 1. The lowest BCUT2D eigenvalue weighted by Crippen LogP contribution is -2.57. The first-order valence-electron chi connectivity index (χ1n) is 13.2. The smallest absolute Gasteiger partial charge is 0.162 e. The number of benzene rings is 1. The van der Waals surface area contributed by atoms with Crippen molar-refractivity contribution in [1.82, 2.24) is 10.1 Å². The maximum atomic E-state index is 13.6. The van der Waals surface area contributed by atoms with Crippen molar-refractivity contribution >= 4 is 45.2 Å². The third kappa shape index (κ3) is 3.35. The molecule has 0 saturated heterocycles. The van der Waals surface area contributed by atoms with Crippen LogP contribution in [0.3, 0.4) is 0 Å². The van der Waals surface area contributed by atoms with Gasteiger partial charge in [0, 0.05) is 11.5 Å². The number of para-hydroxylation sites is 1. The molecule has 0 spiro atoms. The Morgan fingerprint density at radius 1 is 1.25 bits per heavy atom. The molecule has 3 saturated carbocycles. The van der Waals surface area contributed by atoms with Crippen molar-refractivity contribution in [3.05, 3.63) is 47.4 Å². The molecule has 3 fully saturated rings. The molecule has 4 aliphatic rings. The summed E-state index contributed by atoms with van der Waals surface area (Å²) in [5.74, 6) is 2.91. The lowest BCUT2D eigenvalue weighted by molar-refractivity contribution is -0.140. The van der Waals surface area contributed by atoms with E-state index in [0.29, 0.717) is 23.4 Å². The minimum absolute atomic E-state index is 0.0285. The van der Waals surface area contributed by atoms with E-state index in [4.69, 9.17) is 9.51 Å². The van der Waals surface area contributed by atoms with Crippen molar-refractivity contribution in [2.45, 2.75) is 62.8 Å². The number of carbonyl (C=O) groups excluding carboxylic acids is 1. The minimum atomic E-state index is -0.392. The standard InChI is InChI=1S/C29H32N2O3S2/c1-28-12-16-14-30-34-24(16)11-17(28)7-8-18-19-9-10-20(29(19,2)13-22(32)26(18)28)23(33)15-35-27-31-21-5-3-4-6-25(21)36-27/h3-6,11,14,18-20,22,26,32H,7-10,12-13,15H2,1-2H3/t18?,19?,20-,22+,26?,28+,29+/m1/s1. The summed E-state index contributed by atoms with van der Waals surface area (Å²) in [5.41, 5.74) is 3.39. The Morgan fingerprint density at radius 2 is 2.11 bits per heavy atom. The Hall–Kier alpha value is -1.96. The van der Waals surface area contributed by atoms with Crippen LogP contribution in [-0.2, 0) is 11.2 Å². The molecule has 0 radical (unpaired) electrons. The van der Waals surface area contributed by atoms with Crippen molar-refractivity contribution < 1.29 is 14.4 Å². The van der Waals surface area contributed by atoms with Crippen molar-refractivity contribution in [3.8, 4) is 0 Å². The van der Waals surface area contributed by atoms with E-state index < -0.39 is 6.10 Å². The third-order valence-electron chi connectivity index (χ3n) is 10.2. The molecule has 0 bridgehead atoms. The van der Waals surface area contributed by atoms with E-state index in [1.165, 1.54) is 10.3 Å². The van der Waals surface area contributed by atoms with E-state index in [-0.39, 0.29) is 22.7 Å². The van der Waals surface area contributed by atoms with E-state index in [0.717, 1.165) is 59.7 Å². The summed E-state index contributed by atoms with van der Waals surface area (Å²) in [6.07, 6.45) is 9.45. The topological polar surface area (TPSA) is 76.2 Å². The molecule has 36 heavy (non-hydrogen) atoms. The van der Waals surface area contributed by atoms with Crippen LogP contribution >= 0.6 is 23.1 Å². The molecule has 1 N–H and O–H groups in total. The molecule has 3 unspecified atom stereocenters.